The van der Waals surface area contributed by atoms with E-state index in [0.29, 0.717) is 18.5 Å². The Hall–Kier alpha value is -0.900. The van der Waals surface area contributed by atoms with Crippen molar-refractivity contribution in [1.82, 2.24) is 10.2 Å². The fourth-order valence-electron chi connectivity index (χ4n) is 2.33. The largest absolute Gasteiger partial charge is 0.387 e. The number of benzene rings is 1. The van der Waals surface area contributed by atoms with Gasteiger partial charge in [-0.3, -0.25) is 0 Å². The second-order valence-electron chi connectivity index (χ2n) is 6.76. The molecule has 0 saturated heterocycles. The number of rotatable bonds is 9. The number of aliphatic hydroxyl groups is 1. The summed E-state index contributed by atoms with van der Waals surface area (Å²) in [6, 6.07) is 8.78. The van der Waals surface area contributed by atoms with E-state index >= 15 is 0 Å². The molecule has 0 heterocycles. The van der Waals surface area contributed by atoms with E-state index in [-0.39, 0.29) is 0 Å². The normalized spacial score (nSPS) is 14.7. The summed E-state index contributed by atoms with van der Waals surface area (Å²) < 4.78 is 0. The van der Waals surface area contributed by atoms with Gasteiger partial charge >= 0.3 is 0 Å². The van der Waals surface area contributed by atoms with Crippen molar-refractivity contribution in [3.05, 3.63) is 35.4 Å². The highest BCUT2D eigenvalue weighted by Gasteiger charge is 2.10. The van der Waals surface area contributed by atoms with Crippen molar-refractivity contribution in [2.24, 2.45) is 5.92 Å². The van der Waals surface area contributed by atoms with Gasteiger partial charge in [-0.25, -0.2) is 0 Å². The molecule has 120 valence electrons. The summed E-state index contributed by atoms with van der Waals surface area (Å²) in [5, 5.41) is 13.7. The zero-order valence-corrected chi connectivity index (χ0v) is 14.3. The summed E-state index contributed by atoms with van der Waals surface area (Å²) in [5.74, 6) is 0.667. The molecule has 1 aromatic rings. The van der Waals surface area contributed by atoms with Crippen LogP contribution in [0.25, 0.3) is 0 Å². The van der Waals surface area contributed by atoms with Crippen LogP contribution in [-0.2, 0) is 6.42 Å². The van der Waals surface area contributed by atoms with E-state index in [1.165, 1.54) is 5.56 Å². The molecule has 2 unspecified atom stereocenters. The van der Waals surface area contributed by atoms with E-state index in [0.717, 1.165) is 24.9 Å². The fourth-order valence-corrected chi connectivity index (χ4v) is 2.33. The van der Waals surface area contributed by atoms with Gasteiger partial charge in [-0.1, -0.05) is 38.1 Å². The Morgan fingerprint density at radius 2 is 1.71 bits per heavy atom. The number of nitrogens with zero attached hydrogens (tertiary/aromatic N) is 1. The van der Waals surface area contributed by atoms with Crippen molar-refractivity contribution in [1.29, 1.82) is 0 Å². The quantitative estimate of drug-likeness (QED) is 0.734. The van der Waals surface area contributed by atoms with Gasteiger partial charge in [-0.15, -0.1) is 0 Å². The third-order valence-electron chi connectivity index (χ3n) is 3.68. The summed E-state index contributed by atoms with van der Waals surface area (Å²) in [5.41, 5.74) is 2.34. The van der Waals surface area contributed by atoms with Crippen LogP contribution < -0.4 is 5.32 Å². The molecule has 0 spiro atoms. The molecule has 3 nitrogen and oxygen atoms in total. The Balaban J connectivity index is 2.39. The molecule has 0 aliphatic carbocycles. The van der Waals surface area contributed by atoms with Gasteiger partial charge in [0.15, 0.2) is 0 Å². The van der Waals surface area contributed by atoms with Crippen molar-refractivity contribution in [2.75, 3.05) is 27.2 Å². The Kier molecular flexibility index (Phi) is 7.94. The molecule has 1 rings (SSSR count). The molecular formula is C18H32N2O. The van der Waals surface area contributed by atoms with Gasteiger partial charge in [-0.05, 0) is 57.5 Å². The molecule has 0 fully saturated rings. The first-order valence-corrected chi connectivity index (χ1v) is 8.03. The predicted octanol–water partition coefficient (Wildman–Crippen LogP) is 2.85. The Bertz CT molecular complexity index is 387. The van der Waals surface area contributed by atoms with Crippen molar-refractivity contribution in [2.45, 2.75) is 45.8 Å². The highest BCUT2D eigenvalue weighted by Crippen LogP contribution is 2.15. The third kappa shape index (κ3) is 7.60. The van der Waals surface area contributed by atoms with Crippen LogP contribution in [-0.4, -0.2) is 43.2 Å². The van der Waals surface area contributed by atoms with Crippen molar-refractivity contribution in [3.63, 3.8) is 0 Å². The number of nitrogens with one attached hydrogen (secondary N) is 1. The predicted molar refractivity (Wildman–Crippen MR) is 90.6 cm³/mol. The van der Waals surface area contributed by atoms with Gasteiger partial charge in [0.25, 0.3) is 0 Å². The lowest BCUT2D eigenvalue weighted by molar-refractivity contribution is 0.169. The molecule has 21 heavy (non-hydrogen) atoms. The minimum atomic E-state index is -0.431. The topological polar surface area (TPSA) is 35.5 Å². The Morgan fingerprint density at radius 3 is 2.24 bits per heavy atom. The highest BCUT2D eigenvalue weighted by atomic mass is 16.3. The molecule has 0 aliphatic rings. The molecule has 0 aromatic heterocycles. The van der Waals surface area contributed by atoms with Crippen LogP contribution in [0.3, 0.4) is 0 Å². The van der Waals surface area contributed by atoms with Crippen LogP contribution in [0.5, 0.6) is 0 Å². The summed E-state index contributed by atoms with van der Waals surface area (Å²) in [6.45, 7) is 8.29. The first kappa shape index (κ1) is 18.1. The molecule has 0 amide bonds. The number of hydrogen-bond donors (Lipinski definition) is 2. The number of hydrogen-bond acceptors (Lipinski definition) is 3. The summed E-state index contributed by atoms with van der Waals surface area (Å²) in [6.07, 6.45) is 1.75. The molecule has 0 bridgehead atoms. The second-order valence-corrected chi connectivity index (χ2v) is 6.76. The summed E-state index contributed by atoms with van der Waals surface area (Å²) in [4.78, 5) is 2.18. The molecule has 0 radical (unpaired) electrons. The first-order chi connectivity index (χ1) is 9.88. The lowest BCUT2D eigenvalue weighted by Crippen LogP contribution is -2.33. The monoisotopic (exact) mass is 292 g/mol. The van der Waals surface area contributed by atoms with Gasteiger partial charge in [0.05, 0.1) is 6.10 Å². The maximum atomic E-state index is 10.2. The molecule has 3 heteroatoms. The van der Waals surface area contributed by atoms with E-state index < -0.39 is 6.10 Å². The average molecular weight is 292 g/mol. The number of aliphatic hydroxyl groups excluding tert-OH is 1. The molecule has 1 aromatic carbocycles. The zero-order valence-electron chi connectivity index (χ0n) is 14.3. The lowest BCUT2D eigenvalue weighted by atomic mass is 10.00. The van der Waals surface area contributed by atoms with Crippen LogP contribution in [0.4, 0.5) is 0 Å². The van der Waals surface area contributed by atoms with Crippen LogP contribution in [0.2, 0.25) is 0 Å². The van der Waals surface area contributed by atoms with Crippen LogP contribution in [0.15, 0.2) is 24.3 Å². The maximum Gasteiger partial charge on any atom is 0.0914 e. The maximum absolute atomic E-state index is 10.2. The van der Waals surface area contributed by atoms with Crippen molar-refractivity contribution < 1.29 is 5.11 Å². The average Bonchev–Trinajstić information content (AvgIpc) is 2.42. The first-order valence-electron chi connectivity index (χ1n) is 8.03. The smallest absolute Gasteiger partial charge is 0.0914 e. The van der Waals surface area contributed by atoms with Gasteiger partial charge in [0, 0.05) is 12.6 Å². The summed E-state index contributed by atoms with van der Waals surface area (Å²) >= 11 is 0. The standard InChI is InChI=1S/C18H32N2O/c1-14(2)12-16-6-8-17(9-7-16)18(21)13-19-15(3)10-11-20(4)5/h6-9,14-15,18-19,21H,10-13H2,1-5H3. The van der Waals surface area contributed by atoms with Crippen LogP contribution in [0.1, 0.15) is 44.4 Å². The van der Waals surface area contributed by atoms with Crippen molar-refractivity contribution >= 4 is 0 Å². The van der Waals surface area contributed by atoms with Gasteiger partial charge < -0.3 is 15.3 Å². The van der Waals surface area contributed by atoms with Gasteiger partial charge in [0.1, 0.15) is 0 Å². The van der Waals surface area contributed by atoms with E-state index in [1.807, 2.05) is 0 Å². The zero-order chi connectivity index (χ0) is 15.8. The minimum Gasteiger partial charge on any atom is -0.387 e. The molecule has 2 N–H and O–H groups in total. The van der Waals surface area contributed by atoms with Crippen molar-refractivity contribution in [3.8, 4) is 0 Å². The van der Waals surface area contributed by atoms with Crippen LogP contribution in [0, 0.1) is 5.92 Å². The molecule has 0 saturated carbocycles. The fraction of sp³-hybridized carbons (Fsp3) is 0.667. The van der Waals surface area contributed by atoms with Gasteiger partial charge in [0.2, 0.25) is 0 Å². The van der Waals surface area contributed by atoms with E-state index in [4.69, 9.17) is 0 Å². The highest BCUT2D eigenvalue weighted by molar-refractivity contribution is 5.24. The second kappa shape index (κ2) is 9.19. The molecular weight excluding hydrogens is 260 g/mol. The van der Waals surface area contributed by atoms with E-state index in [1.54, 1.807) is 0 Å². The molecule has 2 atom stereocenters. The van der Waals surface area contributed by atoms with Gasteiger partial charge in [-0.2, -0.15) is 0 Å². The van der Waals surface area contributed by atoms with E-state index in [9.17, 15) is 5.11 Å². The SMILES string of the molecule is CC(C)Cc1ccc(C(O)CNC(C)CCN(C)C)cc1. The molecule has 0 aliphatic heterocycles. The van der Waals surface area contributed by atoms with E-state index in [2.05, 4.69) is 69.3 Å². The Morgan fingerprint density at radius 1 is 1.10 bits per heavy atom. The third-order valence-corrected chi connectivity index (χ3v) is 3.68. The lowest BCUT2D eigenvalue weighted by Gasteiger charge is -2.19. The van der Waals surface area contributed by atoms with Crippen LogP contribution >= 0.6 is 0 Å². The Labute approximate surface area is 130 Å². The summed E-state index contributed by atoms with van der Waals surface area (Å²) in [7, 11) is 4.17. The minimum absolute atomic E-state index is 0.419.